The molecule has 0 saturated carbocycles. The summed E-state index contributed by atoms with van der Waals surface area (Å²) >= 11 is 1.69. The number of methoxy groups -OCH3 is 1. The van der Waals surface area contributed by atoms with Crippen molar-refractivity contribution in [2.24, 2.45) is 0 Å². The van der Waals surface area contributed by atoms with Gasteiger partial charge in [-0.25, -0.2) is 0 Å². The predicted molar refractivity (Wildman–Crippen MR) is 79.1 cm³/mol. The molecule has 0 spiro atoms. The molecule has 0 amide bonds. The molecule has 0 saturated heterocycles. The van der Waals surface area contributed by atoms with Gasteiger partial charge in [0.25, 0.3) is 6.20 Å². The normalized spacial score (nSPS) is 11.0. The van der Waals surface area contributed by atoms with Gasteiger partial charge in [0.15, 0.2) is 5.82 Å². The fourth-order valence-corrected chi connectivity index (χ4v) is 2.16. The van der Waals surface area contributed by atoms with E-state index in [9.17, 15) is 10.1 Å². The standard InChI is InChI=1S/C12H18N4O3S/c1-13-12(8-16(17)18)15-5-6-20-9-10-7-11(19-2)3-4-14-10/h3-4,7-8,13,15H,5-6,9H2,1-2H3/b12-8+. The summed E-state index contributed by atoms with van der Waals surface area (Å²) in [5.41, 5.74) is 0.948. The van der Waals surface area contributed by atoms with Crippen LogP contribution in [0.2, 0.25) is 0 Å². The zero-order valence-corrected chi connectivity index (χ0v) is 12.3. The van der Waals surface area contributed by atoms with Gasteiger partial charge >= 0.3 is 0 Å². The molecule has 0 aromatic carbocycles. The zero-order chi connectivity index (χ0) is 14.8. The van der Waals surface area contributed by atoms with Crippen LogP contribution in [0.4, 0.5) is 0 Å². The molecule has 1 aromatic heterocycles. The summed E-state index contributed by atoms with van der Waals surface area (Å²) in [6, 6.07) is 3.70. The summed E-state index contributed by atoms with van der Waals surface area (Å²) in [5, 5.41) is 16.0. The molecule has 20 heavy (non-hydrogen) atoms. The number of rotatable bonds is 9. The maximum absolute atomic E-state index is 10.3. The third-order valence-electron chi connectivity index (χ3n) is 2.34. The molecular weight excluding hydrogens is 280 g/mol. The van der Waals surface area contributed by atoms with Gasteiger partial charge in [-0.2, -0.15) is 11.8 Å². The highest BCUT2D eigenvalue weighted by atomic mass is 32.2. The Bertz CT molecular complexity index is 468. The van der Waals surface area contributed by atoms with Crippen molar-refractivity contribution in [3.63, 3.8) is 0 Å². The van der Waals surface area contributed by atoms with Crippen molar-refractivity contribution in [3.05, 3.63) is 46.2 Å². The number of nitro groups is 1. The van der Waals surface area contributed by atoms with Crippen LogP contribution in [0.1, 0.15) is 5.69 Å². The van der Waals surface area contributed by atoms with Gasteiger partial charge in [-0.3, -0.25) is 15.1 Å². The Labute approximate surface area is 122 Å². The molecule has 0 unspecified atom stereocenters. The fraction of sp³-hybridized carbons (Fsp3) is 0.417. The Balaban J connectivity index is 2.26. The molecule has 8 heteroatoms. The van der Waals surface area contributed by atoms with Gasteiger partial charge in [0.05, 0.1) is 17.7 Å². The summed E-state index contributed by atoms with van der Waals surface area (Å²) in [6.07, 6.45) is 2.63. The van der Waals surface area contributed by atoms with Gasteiger partial charge in [-0.1, -0.05) is 0 Å². The average molecular weight is 298 g/mol. The molecular formula is C12H18N4O3S. The third kappa shape index (κ3) is 6.28. The lowest BCUT2D eigenvalue weighted by Crippen LogP contribution is -2.26. The van der Waals surface area contributed by atoms with E-state index < -0.39 is 4.92 Å². The van der Waals surface area contributed by atoms with Gasteiger partial charge in [0, 0.05) is 37.4 Å². The van der Waals surface area contributed by atoms with Crippen molar-refractivity contribution in [1.82, 2.24) is 15.6 Å². The number of pyridine rings is 1. The van der Waals surface area contributed by atoms with E-state index in [-0.39, 0.29) is 0 Å². The van der Waals surface area contributed by atoms with E-state index in [0.29, 0.717) is 12.4 Å². The van der Waals surface area contributed by atoms with E-state index in [4.69, 9.17) is 4.74 Å². The van der Waals surface area contributed by atoms with Crippen molar-refractivity contribution in [2.75, 3.05) is 26.5 Å². The molecule has 7 nitrogen and oxygen atoms in total. The summed E-state index contributed by atoms with van der Waals surface area (Å²) < 4.78 is 5.12. The Morgan fingerprint density at radius 2 is 2.45 bits per heavy atom. The minimum Gasteiger partial charge on any atom is -0.497 e. The first-order chi connectivity index (χ1) is 9.65. The molecule has 0 aliphatic rings. The fourth-order valence-electron chi connectivity index (χ4n) is 1.40. The number of nitrogens with one attached hydrogen (secondary N) is 2. The smallest absolute Gasteiger partial charge is 0.274 e. The molecule has 1 aromatic rings. The quantitative estimate of drug-likeness (QED) is 0.402. The van der Waals surface area contributed by atoms with Crippen molar-refractivity contribution < 1.29 is 9.66 Å². The van der Waals surface area contributed by atoms with Gasteiger partial charge in [-0.15, -0.1) is 0 Å². The summed E-state index contributed by atoms with van der Waals surface area (Å²) in [6.45, 7) is 0.634. The first kappa shape index (κ1) is 16.1. The lowest BCUT2D eigenvalue weighted by molar-refractivity contribution is -0.404. The maximum atomic E-state index is 10.3. The van der Waals surface area contributed by atoms with Gasteiger partial charge in [0.2, 0.25) is 0 Å². The Hall–Kier alpha value is -1.96. The van der Waals surface area contributed by atoms with Crippen LogP contribution in [-0.4, -0.2) is 36.4 Å². The lowest BCUT2D eigenvalue weighted by Gasteiger charge is -2.07. The number of hydrogen-bond acceptors (Lipinski definition) is 7. The van der Waals surface area contributed by atoms with Gasteiger partial charge in [-0.05, 0) is 6.07 Å². The average Bonchev–Trinajstić information content (AvgIpc) is 2.45. The van der Waals surface area contributed by atoms with Crippen molar-refractivity contribution in [3.8, 4) is 5.75 Å². The molecule has 0 bridgehead atoms. The monoisotopic (exact) mass is 298 g/mol. The van der Waals surface area contributed by atoms with E-state index in [1.807, 2.05) is 6.07 Å². The predicted octanol–water partition coefficient (Wildman–Crippen LogP) is 1.21. The van der Waals surface area contributed by atoms with Crippen molar-refractivity contribution in [1.29, 1.82) is 0 Å². The van der Waals surface area contributed by atoms with Crippen LogP contribution in [0.3, 0.4) is 0 Å². The molecule has 1 heterocycles. The topological polar surface area (TPSA) is 89.3 Å². The van der Waals surface area contributed by atoms with Crippen LogP contribution >= 0.6 is 11.8 Å². The second kappa shape index (κ2) is 9.03. The number of hydrogen-bond donors (Lipinski definition) is 2. The van der Waals surface area contributed by atoms with Crippen LogP contribution in [0.5, 0.6) is 5.75 Å². The molecule has 0 radical (unpaired) electrons. The highest BCUT2D eigenvalue weighted by molar-refractivity contribution is 7.98. The zero-order valence-electron chi connectivity index (χ0n) is 11.5. The van der Waals surface area contributed by atoms with E-state index in [2.05, 4.69) is 15.6 Å². The van der Waals surface area contributed by atoms with Crippen molar-refractivity contribution in [2.45, 2.75) is 5.75 Å². The number of nitrogens with zero attached hydrogens (tertiary/aromatic N) is 2. The Kier molecular flexibility index (Phi) is 7.26. The minimum absolute atomic E-state index is 0.398. The maximum Gasteiger partial charge on any atom is 0.274 e. The second-order valence-electron chi connectivity index (χ2n) is 3.74. The van der Waals surface area contributed by atoms with Crippen LogP contribution in [-0.2, 0) is 5.75 Å². The summed E-state index contributed by atoms with van der Waals surface area (Å²) in [4.78, 5) is 14.1. The molecule has 0 aliphatic heterocycles. The highest BCUT2D eigenvalue weighted by Gasteiger charge is 2.00. The first-order valence-electron chi connectivity index (χ1n) is 5.99. The van der Waals surface area contributed by atoms with Crippen molar-refractivity contribution >= 4 is 11.8 Å². The SMILES string of the molecule is CN/C(=C\[N+](=O)[O-])NCCSCc1cc(OC)ccn1. The highest BCUT2D eigenvalue weighted by Crippen LogP contribution is 2.15. The van der Waals surface area contributed by atoms with E-state index in [1.165, 1.54) is 0 Å². The molecule has 0 fully saturated rings. The lowest BCUT2D eigenvalue weighted by atomic mass is 10.3. The van der Waals surface area contributed by atoms with E-state index in [1.54, 1.807) is 38.2 Å². The molecule has 0 aliphatic carbocycles. The summed E-state index contributed by atoms with van der Waals surface area (Å²) in [7, 11) is 3.26. The minimum atomic E-state index is -0.494. The number of aromatic nitrogens is 1. The van der Waals surface area contributed by atoms with E-state index in [0.717, 1.165) is 29.1 Å². The number of ether oxygens (including phenoxy) is 1. The third-order valence-corrected chi connectivity index (χ3v) is 3.33. The molecule has 110 valence electrons. The second-order valence-corrected chi connectivity index (χ2v) is 4.85. The van der Waals surface area contributed by atoms with Crippen LogP contribution < -0.4 is 15.4 Å². The molecule has 0 atom stereocenters. The van der Waals surface area contributed by atoms with Crippen LogP contribution in [0, 0.1) is 10.1 Å². The molecule has 2 N–H and O–H groups in total. The number of thioether (sulfide) groups is 1. The van der Waals surface area contributed by atoms with Gasteiger partial charge in [0.1, 0.15) is 5.75 Å². The van der Waals surface area contributed by atoms with Crippen LogP contribution in [0.25, 0.3) is 0 Å². The summed E-state index contributed by atoms with van der Waals surface area (Å²) in [5.74, 6) is 2.78. The van der Waals surface area contributed by atoms with E-state index >= 15 is 0 Å². The Morgan fingerprint density at radius 1 is 1.65 bits per heavy atom. The van der Waals surface area contributed by atoms with Crippen LogP contribution in [0.15, 0.2) is 30.4 Å². The Morgan fingerprint density at radius 3 is 3.10 bits per heavy atom. The first-order valence-corrected chi connectivity index (χ1v) is 7.14. The largest absolute Gasteiger partial charge is 0.497 e. The van der Waals surface area contributed by atoms with Gasteiger partial charge < -0.3 is 15.4 Å². The molecule has 1 rings (SSSR count).